The minimum absolute atomic E-state index is 0.0421. The van der Waals surface area contributed by atoms with E-state index in [9.17, 15) is 4.79 Å². The van der Waals surface area contributed by atoms with Crippen LogP contribution in [-0.4, -0.2) is 67.5 Å². The molecule has 2 aromatic rings. The van der Waals surface area contributed by atoms with Crippen molar-refractivity contribution in [2.24, 2.45) is 0 Å². The number of aromatic nitrogens is 1. The minimum Gasteiger partial charge on any atom is -0.362 e. The molecule has 0 atom stereocenters. The molecule has 0 bridgehead atoms. The topological polar surface area (TPSA) is 39.7 Å². The van der Waals surface area contributed by atoms with Gasteiger partial charge in [-0.2, -0.15) is 0 Å². The molecular formula is C22H32N4O. The Bertz CT molecular complexity index is 726. The van der Waals surface area contributed by atoms with E-state index in [1.807, 2.05) is 73.3 Å². The van der Waals surface area contributed by atoms with E-state index in [-0.39, 0.29) is 5.91 Å². The predicted octanol–water partition coefficient (Wildman–Crippen LogP) is 3.62. The number of hydrogen-bond acceptors (Lipinski definition) is 4. The SMILES string of the molecule is CCN(CC)CCN(CC)C(=O)c1ccc(-c2ccccc2)nc1N(C)C. The Morgan fingerprint density at radius 2 is 1.56 bits per heavy atom. The average molecular weight is 369 g/mol. The molecule has 0 saturated carbocycles. The number of amides is 1. The zero-order valence-electron chi connectivity index (χ0n) is 17.3. The van der Waals surface area contributed by atoms with Crippen LogP contribution in [0.5, 0.6) is 0 Å². The van der Waals surface area contributed by atoms with Crippen LogP contribution in [-0.2, 0) is 0 Å². The lowest BCUT2D eigenvalue weighted by atomic mass is 10.1. The first-order chi connectivity index (χ1) is 13.0. The monoisotopic (exact) mass is 368 g/mol. The largest absolute Gasteiger partial charge is 0.362 e. The number of hydrogen-bond donors (Lipinski definition) is 0. The lowest BCUT2D eigenvalue weighted by molar-refractivity contribution is 0.0747. The van der Waals surface area contributed by atoms with Gasteiger partial charge >= 0.3 is 0 Å². The summed E-state index contributed by atoms with van der Waals surface area (Å²) in [6, 6.07) is 13.9. The predicted molar refractivity (Wildman–Crippen MR) is 113 cm³/mol. The Hall–Kier alpha value is -2.40. The molecular weight excluding hydrogens is 336 g/mol. The number of benzene rings is 1. The van der Waals surface area contributed by atoms with Crippen molar-refractivity contribution in [2.45, 2.75) is 20.8 Å². The molecule has 0 fully saturated rings. The maximum Gasteiger partial charge on any atom is 0.257 e. The van der Waals surface area contributed by atoms with E-state index in [2.05, 4.69) is 18.7 Å². The van der Waals surface area contributed by atoms with Crippen LogP contribution < -0.4 is 4.90 Å². The number of likely N-dealkylation sites (N-methyl/N-ethyl adjacent to an activating group) is 2. The Labute approximate surface area is 163 Å². The summed E-state index contributed by atoms with van der Waals surface area (Å²) in [6.45, 7) is 10.6. The first-order valence-electron chi connectivity index (χ1n) is 9.77. The zero-order chi connectivity index (χ0) is 19.8. The van der Waals surface area contributed by atoms with Crippen molar-refractivity contribution in [3.05, 3.63) is 48.0 Å². The van der Waals surface area contributed by atoms with E-state index >= 15 is 0 Å². The second-order valence-corrected chi connectivity index (χ2v) is 6.74. The highest BCUT2D eigenvalue weighted by molar-refractivity contribution is 5.99. The minimum atomic E-state index is 0.0421. The van der Waals surface area contributed by atoms with Gasteiger partial charge in [0, 0.05) is 39.3 Å². The van der Waals surface area contributed by atoms with Crippen molar-refractivity contribution in [1.82, 2.24) is 14.8 Å². The molecule has 2 rings (SSSR count). The summed E-state index contributed by atoms with van der Waals surface area (Å²) in [5.41, 5.74) is 2.58. The van der Waals surface area contributed by atoms with Gasteiger partial charge in [-0.15, -0.1) is 0 Å². The number of carbonyl (C=O) groups is 1. The summed E-state index contributed by atoms with van der Waals surface area (Å²) in [4.78, 5) is 24.1. The molecule has 5 heteroatoms. The van der Waals surface area contributed by atoms with Crippen LogP contribution in [0.2, 0.25) is 0 Å². The summed E-state index contributed by atoms with van der Waals surface area (Å²) < 4.78 is 0. The van der Waals surface area contributed by atoms with E-state index in [4.69, 9.17) is 4.98 Å². The molecule has 0 aliphatic heterocycles. The molecule has 0 spiro atoms. The highest BCUT2D eigenvalue weighted by Gasteiger charge is 2.21. The van der Waals surface area contributed by atoms with Gasteiger partial charge in [-0.05, 0) is 32.1 Å². The van der Waals surface area contributed by atoms with Crippen LogP contribution >= 0.6 is 0 Å². The molecule has 1 amide bonds. The van der Waals surface area contributed by atoms with Crippen molar-refractivity contribution in [3.8, 4) is 11.3 Å². The van der Waals surface area contributed by atoms with Crippen LogP contribution in [0.3, 0.4) is 0 Å². The Balaban J connectivity index is 2.28. The molecule has 0 radical (unpaired) electrons. The molecule has 27 heavy (non-hydrogen) atoms. The maximum absolute atomic E-state index is 13.2. The molecule has 1 aromatic heterocycles. The summed E-state index contributed by atoms with van der Waals surface area (Å²) >= 11 is 0. The number of anilines is 1. The van der Waals surface area contributed by atoms with E-state index in [1.54, 1.807) is 0 Å². The number of rotatable bonds is 9. The molecule has 0 saturated heterocycles. The van der Waals surface area contributed by atoms with Crippen molar-refractivity contribution < 1.29 is 4.79 Å². The van der Waals surface area contributed by atoms with Gasteiger partial charge < -0.3 is 14.7 Å². The van der Waals surface area contributed by atoms with Crippen LogP contribution in [0.4, 0.5) is 5.82 Å². The highest BCUT2D eigenvalue weighted by Crippen LogP contribution is 2.24. The molecule has 0 aliphatic rings. The van der Waals surface area contributed by atoms with Gasteiger partial charge in [0.2, 0.25) is 0 Å². The third kappa shape index (κ3) is 5.30. The smallest absolute Gasteiger partial charge is 0.257 e. The van der Waals surface area contributed by atoms with Gasteiger partial charge in [0.05, 0.1) is 11.3 Å². The lowest BCUT2D eigenvalue weighted by Crippen LogP contribution is -2.39. The van der Waals surface area contributed by atoms with Crippen LogP contribution in [0.15, 0.2) is 42.5 Å². The summed E-state index contributed by atoms with van der Waals surface area (Å²) in [5.74, 6) is 0.753. The third-order valence-electron chi connectivity index (χ3n) is 4.85. The van der Waals surface area contributed by atoms with Crippen molar-refractivity contribution in [1.29, 1.82) is 0 Å². The second kappa shape index (κ2) is 10.1. The van der Waals surface area contributed by atoms with Crippen molar-refractivity contribution in [3.63, 3.8) is 0 Å². The summed E-state index contributed by atoms with van der Waals surface area (Å²) in [5, 5.41) is 0. The molecule has 0 N–H and O–H groups in total. The number of carbonyl (C=O) groups excluding carboxylic acids is 1. The third-order valence-corrected chi connectivity index (χ3v) is 4.85. The van der Waals surface area contributed by atoms with Crippen LogP contribution in [0.1, 0.15) is 31.1 Å². The van der Waals surface area contributed by atoms with Crippen molar-refractivity contribution in [2.75, 3.05) is 51.7 Å². The first kappa shape index (κ1) is 20.9. The zero-order valence-corrected chi connectivity index (χ0v) is 17.3. The lowest BCUT2D eigenvalue weighted by Gasteiger charge is -2.27. The Morgan fingerprint density at radius 1 is 0.889 bits per heavy atom. The average Bonchev–Trinajstić information content (AvgIpc) is 2.71. The second-order valence-electron chi connectivity index (χ2n) is 6.74. The molecule has 5 nitrogen and oxygen atoms in total. The van der Waals surface area contributed by atoms with E-state index in [0.717, 1.165) is 37.4 Å². The van der Waals surface area contributed by atoms with Gasteiger partial charge in [-0.1, -0.05) is 44.2 Å². The van der Waals surface area contributed by atoms with Gasteiger partial charge in [-0.3, -0.25) is 4.79 Å². The fraction of sp³-hybridized carbons (Fsp3) is 0.455. The van der Waals surface area contributed by atoms with E-state index in [1.165, 1.54) is 0 Å². The van der Waals surface area contributed by atoms with Crippen molar-refractivity contribution >= 4 is 11.7 Å². The van der Waals surface area contributed by atoms with Gasteiger partial charge in [0.25, 0.3) is 5.91 Å². The van der Waals surface area contributed by atoms with Crippen LogP contribution in [0.25, 0.3) is 11.3 Å². The molecule has 1 aromatic carbocycles. The fourth-order valence-electron chi connectivity index (χ4n) is 3.10. The van der Waals surface area contributed by atoms with Gasteiger partial charge in [-0.25, -0.2) is 4.98 Å². The molecule has 0 unspecified atom stereocenters. The van der Waals surface area contributed by atoms with Gasteiger partial charge in [0.1, 0.15) is 5.82 Å². The number of pyridine rings is 1. The normalized spacial score (nSPS) is 10.9. The maximum atomic E-state index is 13.2. The molecule has 0 aliphatic carbocycles. The Kier molecular flexibility index (Phi) is 7.80. The van der Waals surface area contributed by atoms with Crippen LogP contribution in [0, 0.1) is 0 Å². The number of nitrogens with zero attached hydrogens (tertiary/aromatic N) is 4. The Morgan fingerprint density at radius 3 is 2.11 bits per heavy atom. The first-order valence-corrected chi connectivity index (χ1v) is 9.77. The highest BCUT2D eigenvalue weighted by atomic mass is 16.2. The van der Waals surface area contributed by atoms with Gasteiger partial charge in [0.15, 0.2) is 0 Å². The standard InChI is InChI=1S/C22H32N4O/c1-6-25(7-2)16-17-26(8-3)22(27)19-14-15-20(23-21(19)24(4)5)18-12-10-9-11-13-18/h9-15H,6-8,16-17H2,1-5H3. The molecule has 1 heterocycles. The van der Waals surface area contributed by atoms with E-state index < -0.39 is 0 Å². The quantitative estimate of drug-likeness (QED) is 0.678. The van der Waals surface area contributed by atoms with E-state index in [0.29, 0.717) is 17.9 Å². The summed E-state index contributed by atoms with van der Waals surface area (Å²) in [6.07, 6.45) is 0. The summed E-state index contributed by atoms with van der Waals surface area (Å²) in [7, 11) is 3.86. The molecule has 146 valence electrons. The fourth-order valence-corrected chi connectivity index (χ4v) is 3.10.